The van der Waals surface area contributed by atoms with Crippen LogP contribution in [0.2, 0.25) is 0 Å². The number of rotatable bonds is 4. The highest BCUT2D eigenvalue weighted by atomic mass is 32.1. The molecule has 1 aromatic carbocycles. The number of carboxylic acid groups (broad SMARTS) is 2. The molecule has 0 aliphatic rings. The van der Waals surface area contributed by atoms with Crippen LogP contribution in [-0.2, 0) is 16.0 Å². The van der Waals surface area contributed by atoms with Crippen LogP contribution >= 0.6 is 11.3 Å². The van der Waals surface area contributed by atoms with Gasteiger partial charge in [0.05, 0.1) is 6.33 Å². The maximum atomic E-state index is 9.55. The van der Waals surface area contributed by atoms with Gasteiger partial charge in [0.2, 0.25) is 0 Å². The van der Waals surface area contributed by atoms with Crippen molar-refractivity contribution in [3.63, 3.8) is 0 Å². The Hall–Kier alpha value is -2.93. The molecule has 0 spiro atoms. The highest BCUT2D eigenvalue weighted by Gasteiger charge is 2.04. The SMILES string of the molecule is O=C(O)/C=C/C(=O)O.c1ccc2c(Cc3cnc[nH]3)csc2c1. The summed E-state index contributed by atoms with van der Waals surface area (Å²) < 4.78 is 1.35. The van der Waals surface area contributed by atoms with Gasteiger partial charge in [-0.05, 0) is 22.4 Å². The zero-order valence-electron chi connectivity index (χ0n) is 12.0. The summed E-state index contributed by atoms with van der Waals surface area (Å²) in [5.74, 6) is -2.51. The molecular formula is C16H14N2O4S. The van der Waals surface area contributed by atoms with E-state index in [0.29, 0.717) is 12.2 Å². The fraction of sp³-hybridized carbons (Fsp3) is 0.0625. The number of benzene rings is 1. The Labute approximate surface area is 135 Å². The van der Waals surface area contributed by atoms with Gasteiger partial charge in [0.1, 0.15) is 0 Å². The highest BCUT2D eigenvalue weighted by Crippen LogP contribution is 2.26. The number of H-pyrrole nitrogens is 1. The van der Waals surface area contributed by atoms with Crippen LogP contribution < -0.4 is 0 Å². The van der Waals surface area contributed by atoms with Gasteiger partial charge in [-0.3, -0.25) is 0 Å². The molecule has 3 rings (SSSR count). The molecule has 3 aromatic rings. The van der Waals surface area contributed by atoms with Crippen molar-refractivity contribution in [2.24, 2.45) is 0 Å². The molecule has 7 heteroatoms. The van der Waals surface area contributed by atoms with Crippen LogP contribution in [0.15, 0.2) is 54.3 Å². The Bertz CT molecular complexity index is 806. The molecular weight excluding hydrogens is 316 g/mol. The molecule has 23 heavy (non-hydrogen) atoms. The summed E-state index contributed by atoms with van der Waals surface area (Å²) in [6.07, 6.45) is 5.66. The van der Waals surface area contributed by atoms with Crippen molar-refractivity contribution < 1.29 is 19.8 Å². The number of aromatic amines is 1. The van der Waals surface area contributed by atoms with Gasteiger partial charge in [0.25, 0.3) is 0 Å². The van der Waals surface area contributed by atoms with Crippen LogP contribution in [0.5, 0.6) is 0 Å². The van der Waals surface area contributed by atoms with Gasteiger partial charge in [-0.1, -0.05) is 18.2 Å². The normalized spacial score (nSPS) is 10.4. The van der Waals surface area contributed by atoms with E-state index in [0.717, 1.165) is 6.42 Å². The summed E-state index contributed by atoms with van der Waals surface area (Å²) in [4.78, 5) is 26.3. The van der Waals surface area contributed by atoms with E-state index in [9.17, 15) is 9.59 Å². The maximum Gasteiger partial charge on any atom is 0.328 e. The number of fused-ring (bicyclic) bond motifs is 1. The molecule has 2 aromatic heterocycles. The van der Waals surface area contributed by atoms with Crippen molar-refractivity contribution in [2.45, 2.75) is 6.42 Å². The van der Waals surface area contributed by atoms with E-state index in [2.05, 4.69) is 39.6 Å². The summed E-state index contributed by atoms with van der Waals surface area (Å²) in [7, 11) is 0. The number of nitrogens with one attached hydrogen (secondary N) is 1. The maximum absolute atomic E-state index is 9.55. The quantitative estimate of drug-likeness (QED) is 0.638. The highest BCUT2D eigenvalue weighted by molar-refractivity contribution is 7.17. The average Bonchev–Trinajstić information content (AvgIpc) is 3.17. The van der Waals surface area contributed by atoms with Gasteiger partial charge < -0.3 is 15.2 Å². The molecule has 0 unspecified atom stereocenters. The zero-order chi connectivity index (χ0) is 16.7. The molecule has 3 N–H and O–H groups in total. The molecule has 0 radical (unpaired) electrons. The second-order valence-corrected chi connectivity index (χ2v) is 5.43. The largest absolute Gasteiger partial charge is 0.478 e. The predicted molar refractivity (Wildman–Crippen MR) is 87.6 cm³/mol. The first-order chi connectivity index (χ1) is 11.1. The van der Waals surface area contributed by atoms with Crippen LogP contribution in [0.25, 0.3) is 10.1 Å². The second kappa shape index (κ2) is 7.90. The fourth-order valence-electron chi connectivity index (χ4n) is 1.90. The number of hydrogen-bond acceptors (Lipinski definition) is 4. The summed E-state index contributed by atoms with van der Waals surface area (Å²) in [6.45, 7) is 0. The van der Waals surface area contributed by atoms with Crippen molar-refractivity contribution >= 4 is 33.4 Å². The van der Waals surface area contributed by atoms with Crippen LogP contribution in [0.3, 0.4) is 0 Å². The molecule has 0 fully saturated rings. The first kappa shape index (κ1) is 16.4. The van der Waals surface area contributed by atoms with E-state index in [-0.39, 0.29) is 0 Å². The number of aromatic nitrogens is 2. The molecule has 0 aliphatic carbocycles. The summed E-state index contributed by atoms with van der Waals surface area (Å²) >= 11 is 1.80. The van der Waals surface area contributed by atoms with E-state index in [1.807, 2.05) is 6.20 Å². The minimum absolute atomic E-state index is 0.558. The van der Waals surface area contributed by atoms with Crippen molar-refractivity contribution in [1.82, 2.24) is 9.97 Å². The van der Waals surface area contributed by atoms with Crippen molar-refractivity contribution in [1.29, 1.82) is 0 Å². The summed E-state index contributed by atoms with van der Waals surface area (Å²) in [5, 5.41) is 19.2. The number of hydrogen-bond donors (Lipinski definition) is 3. The van der Waals surface area contributed by atoms with Gasteiger partial charge in [-0.2, -0.15) is 0 Å². The lowest BCUT2D eigenvalue weighted by molar-refractivity contribution is -0.134. The number of thiophene rings is 1. The number of carboxylic acids is 2. The van der Waals surface area contributed by atoms with Gasteiger partial charge >= 0.3 is 11.9 Å². The zero-order valence-corrected chi connectivity index (χ0v) is 12.8. The van der Waals surface area contributed by atoms with Crippen LogP contribution in [0.1, 0.15) is 11.3 Å². The Balaban J connectivity index is 0.000000207. The molecule has 0 aliphatic heterocycles. The molecule has 0 bridgehead atoms. The van der Waals surface area contributed by atoms with E-state index in [1.54, 1.807) is 17.7 Å². The number of imidazole rings is 1. The molecule has 2 heterocycles. The summed E-state index contributed by atoms with van der Waals surface area (Å²) in [5.41, 5.74) is 2.54. The third kappa shape index (κ3) is 5.08. The third-order valence-electron chi connectivity index (χ3n) is 2.87. The van der Waals surface area contributed by atoms with E-state index in [4.69, 9.17) is 10.2 Å². The standard InChI is InChI=1S/C12H10N2S.C4H4O4/c1-2-4-12-11(3-1)9(7-15-12)5-10-6-13-8-14-10;5-3(6)1-2-4(7)8/h1-4,6-8H,5H2,(H,13,14);1-2H,(H,5,6)(H,7,8)/b;2-1+. The van der Waals surface area contributed by atoms with E-state index >= 15 is 0 Å². The molecule has 0 amide bonds. The fourth-order valence-corrected chi connectivity index (χ4v) is 2.86. The van der Waals surface area contributed by atoms with Crippen LogP contribution in [-0.4, -0.2) is 32.1 Å². The summed E-state index contributed by atoms with van der Waals surface area (Å²) in [6, 6.07) is 8.51. The molecule has 118 valence electrons. The predicted octanol–water partition coefficient (Wildman–Crippen LogP) is 2.93. The average molecular weight is 330 g/mol. The minimum Gasteiger partial charge on any atom is -0.478 e. The Morgan fingerprint density at radius 1 is 1.17 bits per heavy atom. The van der Waals surface area contributed by atoms with E-state index in [1.165, 1.54) is 21.3 Å². The lowest BCUT2D eigenvalue weighted by Gasteiger charge is -1.96. The Morgan fingerprint density at radius 3 is 2.48 bits per heavy atom. The van der Waals surface area contributed by atoms with Crippen molar-refractivity contribution in [2.75, 3.05) is 0 Å². The lowest BCUT2D eigenvalue weighted by Crippen LogP contribution is -1.91. The number of nitrogens with zero attached hydrogens (tertiary/aromatic N) is 1. The number of carbonyl (C=O) groups is 2. The second-order valence-electron chi connectivity index (χ2n) is 4.52. The van der Waals surface area contributed by atoms with E-state index < -0.39 is 11.9 Å². The van der Waals surface area contributed by atoms with Crippen molar-refractivity contribution in [3.05, 3.63) is 65.6 Å². The third-order valence-corrected chi connectivity index (χ3v) is 3.88. The smallest absolute Gasteiger partial charge is 0.328 e. The molecule has 0 saturated carbocycles. The topological polar surface area (TPSA) is 103 Å². The monoisotopic (exact) mass is 330 g/mol. The Morgan fingerprint density at radius 2 is 1.87 bits per heavy atom. The van der Waals surface area contributed by atoms with Gasteiger partial charge in [0, 0.05) is 35.2 Å². The van der Waals surface area contributed by atoms with Gasteiger partial charge in [-0.25, -0.2) is 14.6 Å². The van der Waals surface area contributed by atoms with Gasteiger partial charge in [0.15, 0.2) is 0 Å². The number of aliphatic carboxylic acids is 2. The molecule has 0 saturated heterocycles. The first-order valence-electron chi connectivity index (χ1n) is 6.62. The first-order valence-corrected chi connectivity index (χ1v) is 7.50. The van der Waals surface area contributed by atoms with Gasteiger partial charge in [-0.15, -0.1) is 11.3 Å². The minimum atomic E-state index is -1.26. The molecule has 6 nitrogen and oxygen atoms in total. The van der Waals surface area contributed by atoms with Crippen molar-refractivity contribution in [3.8, 4) is 0 Å². The lowest BCUT2D eigenvalue weighted by atomic mass is 10.1. The van der Waals surface area contributed by atoms with Crippen LogP contribution in [0, 0.1) is 0 Å². The van der Waals surface area contributed by atoms with Crippen LogP contribution in [0.4, 0.5) is 0 Å². The Kier molecular flexibility index (Phi) is 5.65. The molecule has 0 atom stereocenters.